The van der Waals surface area contributed by atoms with Crippen LogP contribution < -0.4 is 5.56 Å². The third-order valence-corrected chi connectivity index (χ3v) is 6.02. The lowest BCUT2D eigenvalue weighted by atomic mass is 9.97. The number of rotatable bonds is 2. The zero-order valence-electron chi connectivity index (χ0n) is 14.5. The highest BCUT2D eigenvalue weighted by Gasteiger charge is 2.29. The fraction of sp³-hybridized carbons (Fsp3) is 0.529. The highest BCUT2D eigenvalue weighted by molar-refractivity contribution is 7.11. The molecule has 1 aliphatic rings. The van der Waals surface area contributed by atoms with Gasteiger partial charge in [0, 0.05) is 23.9 Å². The van der Waals surface area contributed by atoms with E-state index in [9.17, 15) is 9.59 Å². The molecule has 0 aliphatic carbocycles. The lowest BCUT2D eigenvalue weighted by molar-refractivity contribution is 0.0704. The molecule has 1 atom stereocenters. The van der Waals surface area contributed by atoms with E-state index in [2.05, 4.69) is 22.1 Å². The predicted molar refractivity (Wildman–Crippen MR) is 93.8 cm³/mol. The van der Waals surface area contributed by atoms with Crippen molar-refractivity contribution >= 4 is 17.2 Å². The number of nitrogens with zero attached hydrogens (tertiary/aromatic N) is 3. The Balaban J connectivity index is 1.86. The van der Waals surface area contributed by atoms with Crippen molar-refractivity contribution in [3.8, 4) is 0 Å². The Kier molecular flexibility index (Phi) is 4.54. The van der Waals surface area contributed by atoms with Gasteiger partial charge in [0.2, 0.25) is 0 Å². The SMILES string of the molecule is Cc1nc([C@H]2CCCN(C(=O)c3c(C)c(C)n[nH]c3=O)C2)sc1C. The number of hydrogen-bond acceptors (Lipinski definition) is 5. The van der Waals surface area contributed by atoms with Gasteiger partial charge in [0.05, 0.1) is 16.4 Å². The van der Waals surface area contributed by atoms with Crippen LogP contribution >= 0.6 is 11.3 Å². The number of likely N-dealkylation sites (tertiary alicyclic amines) is 1. The van der Waals surface area contributed by atoms with Gasteiger partial charge in [-0.2, -0.15) is 5.10 Å². The van der Waals surface area contributed by atoms with E-state index < -0.39 is 5.56 Å². The van der Waals surface area contributed by atoms with Crippen LogP contribution in [0.4, 0.5) is 0 Å². The van der Waals surface area contributed by atoms with Crippen LogP contribution in [0.1, 0.15) is 56.0 Å². The minimum atomic E-state index is -0.411. The zero-order valence-corrected chi connectivity index (χ0v) is 15.3. The smallest absolute Gasteiger partial charge is 0.277 e. The normalized spacial score (nSPS) is 18.0. The summed E-state index contributed by atoms with van der Waals surface area (Å²) in [5.41, 5.74) is 2.21. The van der Waals surface area contributed by atoms with E-state index in [0.717, 1.165) is 23.5 Å². The number of aromatic nitrogens is 3. The van der Waals surface area contributed by atoms with Gasteiger partial charge in [0.15, 0.2) is 0 Å². The maximum absolute atomic E-state index is 12.9. The van der Waals surface area contributed by atoms with Crippen molar-refractivity contribution in [2.24, 2.45) is 0 Å². The Bertz CT molecular complexity index is 820. The molecule has 3 heterocycles. The van der Waals surface area contributed by atoms with Crippen LogP contribution in [0.3, 0.4) is 0 Å². The van der Waals surface area contributed by atoms with Crippen molar-refractivity contribution in [2.45, 2.75) is 46.5 Å². The minimum absolute atomic E-state index is 0.200. The molecule has 7 heteroatoms. The Morgan fingerprint density at radius 1 is 1.25 bits per heavy atom. The molecule has 0 aromatic carbocycles. The first-order chi connectivity index (χ1) is 11.4. The largest absolute Gasteiger partial charge is 0.338 e. The van der Waals surface area contributed by atoms with Crippen LogP contribution in [0.5, 0.6) is 0 Å². The molecule has 0 radical (unpaired) electrons. The van der Waals surface area contributed by atoms with Crippen molar-refractivity contribution < 1.29 is 4.79 Å². The molecule has 1 saturated heterocycles. The van der Waals surface area contributed by atoms with Crippen molar-refractivity contribution in [1.82, 2.24) is 20.1 Å². The number of amides is 1. The van der Waals surface area contributed by atoms with E-state index in [1.807, 2.05) is 6.92 Å². The van der Waals surface area contributed by atoms with Crippen LogP contribution in [0.15, 0.2) is 4.79 Å². The van der Waals surface area contributed by atoms with E-state index in [4.69, 9.17) is 0 Å². The van der Waals surface area contributed by atoms with Crippen LogP contribution in [0.2, 0.25) is 0 Å². The van der Waals surface area contributed by atoms with E-state index >= 15 is 0 Å². The molecule has 3 rings (SSSR count). The minimum Gasteiger partial charge on any atom is -0.338 e. The molecule has 0 bridgehead atoms. The first-order valence-electron chi connectivity index (χ1n) is 8.17. The Labute approximate surface area is 144 Å². The molecule has 1 fully saturated rings. The van der Waals surface area contributed by atoms with Gasteiger partial charge < -0.3 is 4.90 Å². The number of carbonyl (C=O) groups is 1. The van der Waals surface area contributed by atoms with Gasteiger partial charge in [0.25, 0.3) is 11.5 Å². The van der Waals surface area contributed by atoms with Gasteiger partial charge in [-0.05, 0) is 46.1 Å². The summed E-state index contributed by atoms with van der Waals surface area (Å²) in [5, 5.41) is 7.44. The zero-order chi connectivity index (χ0) is 17.4. The van der Waals surface area contributed by atoms with Gasteiger partial charge in [0.1, 0.15) is 5.56 Å². The van der Waals surface area contributed by atoms with Gasteiger partial charge >= 0.3 is 0 Å². The molecule has 1 aliphatic heterocycles. The van der Waals surface area contributed by atoms with Crippen LogP contribution in [0, 0.1) is 27.7 Å². The summed E-state index contributed by atoms with van der Waals surface area (Å²) in [6.07, 6.45) is 1.95. The van der Waals surface area contributed by atoms with Gasteiger partial charge in [-0.15, -0.1) is 11.3 Å². The lowest BCUT2D eigenvalue weighted by Crippen LogP contribution is -2.42. The molecular weight excluding hydrogens is 324 g/mol. The number of nitrogens with one attached hydrogen (secondary N) is 1. The Hall–Kier alpha value is -2.02. The fourth-order valence-corrected chi connectivity index (χ4v) is 4.13. The van der Waals surface area contributed by atoms with Crippen molar-refractivity contribution in [1.29, 1.82) is 0 Å². The Morgan fingerprint density at radius 2 is 2.00 bits per heavy atom. The molecule has 2 aromatic heterocycles. The molecule has 6 nitrogen and oxygen atoms in total. The average Bonchev–Trinajstić information content (AvgIpc) is 2.91. The van der Waals surface area contributed by atoms with Crippen molar-refractivity contribution in [3.05, 3.63) is 42.8 Å². The summed E-state index contributed by atoms with van der Waals surface area (Å²) in [6.45, 7) is 8.96. The highest BCUT2D eigenvalue weighted by atomic mass is 32.1. The number of hydrogen-bond donors (Lipinski definition) is 1. The molecule has 1 amide bonds. The molecule has 0 unspecified atom stereocenters. The average molecular weight is 346 g/mol. The quantitative estimate of drug-likeness (QED) is 0.906. The number of H-pyrrole nitrogens is 1. The summed E-state index contributed by atoms with van der Waals surface area (Å²) < 4.78 is 0. The fourth-order valence-electron chi connectivity index (χ4n) is 3.08. The van der Waals surface area contributed by atoms with Gasteiger partial charge in [-0.1, -0.05) is 0 Å². The predicted octanol–water partition coefficient (Wildman–Crippen LogP) is 2.48. The highest BCUT2D eigenvalue weighted by Crippen LogP contribution is 2.31. The molecule has 128 valence electrons. The summed E-state index contributed by atoms with van der Waals surface area (Å²) in [5.74, 6) is 0.0522. The second-order valence-corrected chi connectivity index (χ2v) is 7.66. The molecule has 0 spiro atoms. The van der Waals surface area contributed by atoms with Crippen LogP contribution in [0.25, 0.3) is 0 Å². The third kappa shape index (κ3) is 3.00. The second kappa shape index (κ2) is 6.47. The van der Waals surface area contributed by atoms with E-state index in [-0.39, 0.29) is 17.4 Å². The molecule has 1 N–H and O–H groups in total. The van der Waals surface area contributed by atoms with Crippen molar-refractivity contribution in [3.63, 3.8) is 0 Å². The molecular formula is C17H22N4O2S. The van der Waals surface area contributed by atoms with E-state index in [1.165, 1.54) is 4.88 Å². The second-order valence-electron chi connectivity index (χ2n) is 6.42. The Morgan fingerprint density at radius 3 is 2.67 bits per heavy atom. The van der Waals surface area contributed by atoms with E-state index in [0.29, 0.717) is 24.3 Å². The third-order valence-electron chi connectivity index (χ3n) is 4.79. The number of piperidine rings is 1. The maximum atomic E-state index is 12.9. The van der Waals surface area contributed by atoms with Crippen molar-refractivity contribution in [2.75, 3.05) is 13.1 Å². The monoisotopic (exact) mass is 346 g/mol. The topological polar surface area (TPSA) is 79.0 Å². The number of aryl methyl sites for hydroxylation is 3. The molecule has 0 saturated carbocycles. The first kappa shape index (κ1) is 16.8. The molecule has 2 aromatic rings. The summed E-state index contributed by atoms with van der Waals surface area (Å²) in [4.78, 5) is 32.7. The standard InChI is InChI=1S/C17H22N4O2S/c1-9-10(2)19-20-15(22)14(9)17(23)21-7-5-6-13(8-21)16-18-11(3)12(4)24-16/h13H,5-8H2,1-4H3,(H,20,22)/t13-/m0/s1. The number of aromatic amines is 1. The van der Waals surface area contributed by atoms with Crippen LogP contribution in [-0.4, -0.2) is 39.1 Å². The summed E-state index contributed by atoms with van der Waals surface area (Å²) >= 11 is 1.71. The van der Waals surface area contributed by atoms with Crippen LogP contribution in [-0.2, 0) is 0 Å². The van der Waals surface area contributed by atoms with Gasteiger partial charge in [-0.3, -0.25) is 9.59 Å². The summed E-state index contributed by atoms with van der Waals surface area (Å²) in [6, 6.07) is 0. The van der Waals surface area contributed by atoms with E-state index in [1.54, 1.807) is 30.1 Å². The number of carbonyl (C=O) groups excluding carboxylic acids is 1. The summed E-state index contributed by atoms with van der Waals surface area (Å²) in [7, 11) is 0. The van der Waals surface area contributed by atoms with Gasteiger partial charge in [-0.25, -0.2) is 10.1 Å². The lowest BCUT2D eigenvalue weighted by Gasteiger charge is -2.32. The first-order valence-corrected chi connectivity index (χ1v) is 8.99. The maximum Gasteiger partial charge on any atom is 0.277 e. The molecule has 24 heavy (non-hydrogen) atoms. The number of thiazole rings is 1.